The maximum absolute atomic E-state index is 6.52. The van der Waals surface area contributed by atoms with Crippen molar-refractivity contribution in [3.8, 4) is 11.3 Å². The van der Waals surface area contributed by atoms with Gasteiger partial charge in [-0.3, -0.25) is 4.98 Å². The molecular weight excluding hydrogens is 400 g/mol. The van der Waals surface area contributed by atoms with Gasteiger partial charge in [0.25, 0.3) is 0 Å². The molecule has 2 aromatic carbocycles. The summed E-state index contributed by atoms with van der Waals surface area (Å²) >= 11 is 1.75. The Bertz CT molecular complexity index is 1430. The van der Waals surface area contributed by atoms with Crippen LogP contribution in [0, 0.1) is 5.41 Å². The minimum atomic E-state index is 0.0185. The van der Waals surface area contributed by atoms with Crippen LogP contribution in [0.4, 0.5) is 0 Å². The van der Waals surface area contributed by atoms with E-state index in [1.807, 2.05) is 6.20 Å². The molecule has 158 valence electrons. The van der Waals surface area contributed by atoms with E-state index in [9.17, 15) is 0 Å². The Labute approximate surface area is 187 Å². The lowest BCUT2D eigenvalue weighted by Crippen LogP contribution is -2.09. The third kappa shape index (κ3) is 3.63. The number of hydrogen-bond donors (Lipinski definition) is 0. The van der Waals surface area contributed by atoms with Crippen LogP contribution in [-0.4, -0.2) is 9.97 Å². The minimum Gasteiger partial charge on any atom is -0.453 e. The van der Waals surface area contributed by atoms with E-state index in [1.54, 1.807) is 11.3 Å². The fourth-order valence-corrected chi connectivity index (χ4v) is 5.14. The van der Waals surface area contributed by atoms with E-state index in [0.29, 0.717) is 0 Å². The van der Waals surface area contributed by atoms with E-state index in [2.05, 4.69) is 89.0 Å². The van der Waals surface area contributed by atoms with Gasteiger partial charge in [-0.1, -0.05) is 53.7 Å². The van der Waals surface area contributed by atoms with E-state index < -0.39 is 0 Å². The van der Waals surface area contributed by atoms with Gasteiger partial charge in [0.2, 0.25) is 0 Å². The molecule has 0 saturated heterocycles. The molecule has 0 aliphatic carbocycles. The average molecular weight is 429 g/mol. The van der Waals surface area contributed by atoms with Crippen LogP contribution in [0.5, 0.6) is 0 Å². The zero-order valence-corrected chi connectivity index (χ0v) is 19.9. The van der Waals surface area contributed by atoms with E-state index in [4.69, 9.17) is 9.40 Å². The normalized spacial score (nSPS) is 13.0. The van der Waals surface area contributed by atoms with Gasteiger partial charge in [-0.2, -0.15) is 0 Å². The highest BCUT2D eigenvalue weighted by molar-refractivity contribution is 7.18. The van der Waals surface area contributed by atoms with Gasteiger partial charge in [0.05, 0.1) is 15.4 Å². The SMILES string of the molecule is CC(C)(C)Cc1ccnc(-c2cccc3c2oc2c3ccc3sc(C(C)(C)C)nc32)c1. The molecule has 0 amide bonds. The smallest absolute Gasteiger partial charge is 0.162 e. The van der Waals surface area contributed by atoms with Crippen LogP contribution >= 0.6 is 11.3 Å². The van der Waals surface area contributed by atoms with Crippen molar-refractivity contribution in [1.82, 2.24) is 9.97 Å². The van der Waals surface area contributed by atoms with Crippen LogP contribution in [-0.2, 0) is 11.8 Å². The first-order chi connectivity index (χ1) is 14.6. The Morgan fingerprint density at radius 2 is 1.68 bits per heavy atom. The van der Waals surface area contributed by atoms with Crippen LogP contribution in [0.1, 0.15) is 52.1 Å². The number of aromatic nitrogens is 2. The Morgan fingerprint density at radius 1 is 0.903 bits per heavy atom. The molecule has 31 heavy (non-hydrogen) atoms. The second kappa shape index (κ2) is 6.89. The molecule has 0 aliphatic heterocycles. The summed E-state index contributed by atoms with van der Waals surface area (Å²) in [7, 11) is 0. The van der Waals surface area contributed by atoms with Crippen LogP contribution in [0.25, 0.3) is 43.4 Å². The first kappa shape index (κ1) is 20.2. The molecule has 5 rings (SSSR count). The lowest BCUT2D eigenvalue weighted by molar-refractivity contribution is 0.411. The molecule has 3 aromatic heterocycles. The molecule has 3 heterocycles. The van der Waals surface area contributed by atoms with Gasteiger partial charge in [-0.05, 0) is 47.7 Å². The first-order valence-electron chi connectivity index (χ1n) is 10.8. The highest BCUT2D eigenvalue weighted by Gasteiger charge is 2.22. The molecule has 0 saturated carbocycles. The molecule has 0 fully saturated rings. The van der Waals surface area contributed by atoms with Crippen LogP contribution < -0.4 is 0 Å². The van der Waals surface area contributed by atoms with Gasteiger partial charge in [-0.15, -0.1) is 11.3 Å². The zero-order chi connectivity index (χ0) is 22.0. The van der Waals surface area contributed by atoms with Crippen molar-refractivity contribution in [2.45, 2.75) is 53.4 Å². The predicted molar refractivity (Wildman–Crippen MR) is 132 cm³/mol. The number of nitrogens with zero attached hydrogens (tertiary/aromatic N) is 2. The predicted octanol–water partition coefficient (Wildman–Crippen LogP) is 8.14. The molecule has 0 bridgehead atoms. The van der Waals surface area contributed by atoms with Crippen LogP contribution in [0.15, 0.2) is 53.1 Å². The molecule has 0 unspecified atom stereocenters. The van der Waals surface area contributed by atoms with Gasteiger partial charge in [0.1, 0.15) is 11.1 Å². The minimum absolute atomic E-state index is 0.0185. The maximum Gasteiger partial charge on any atom is 0.162 e. The Kier molecular flexibility index (Phi) is 4.49. The summed E-state index contributed by atoms with van der Waals surface area (Å²) in [6.07, 6.45) is 2.92. The number of hydrogen-bond acceptors (Lipinski definition) is 4. The molecule has 0 spiro atoms. The van der Waals surface area contributed by atoms with Crippen molar-refractivity contribution < 1.29 is 4.42 Å². The maximum atomic E-state index is 6.52. The first-order valence-corrected chi connectivity index (χ1v) is 11.6. The van der Waals surface area contributed by atoms with Gasteiger partial charge in [0.15, 0.2) is 5.58 Å². The average Bonchev–Trinajstić information content (AvgIpc) is 3.28. The van der Waals surface area contributed by atoms with Crippen molar-refractivity contribution in [2.24, 2.45) is 5.41 Å². The van der Waals surface area contributed by atoms with Gasteiger partial charge < -0.3 is 4.42 Å². The van der Waals surface area contributed by atoms with Crippen molar-refractivity contribution in [2.75, 3.05) is 0 Å². The molecule has 0 atom stereocenters. The number of furan rings is 1. The standard InChI is InChI=1S/C27H28N2OS/c1-26(2,3)15-16-12-13-28-20(14-16)19-9-7-8-17-18-10-11-21-22(24(18)30-23(17)19)29-25(31-21)27(4,5)6/h7-14H,15H2,1-6H3. The second-order valence-electron chi connectivity index (χ2n) is 10.6. The number of benzene rings is 2. The number of thiazole rings is 1. The summed E-state index contributed by atoms with van der Waals surface area (Å²) in [5.41, 5.74) is 6.25. The summed E-state index contributed by atoms with van der Waals surface area (Å²) in [5, 5.41) is 3.36. The number of pyridine rings is 1. The molecule has 5 aromatic rings. The third-order valence-corrected chi connectivity index (χ3v) is 6.95. The number of fused-ring (bicyclic) bond motifs is 5. The Balaban J connectivity index is 1.72. The summed E-state index contributed by atoms with van der Waals surface area (Å²) in [6, 6.07) is 15.0. The van der Waals surface area contributed by atoms with Crippen LogP contribution in [0.2, 0.25) is 0 Å². The fraction of sp³-hybridized carbons (Fsp3) is 0.333. The zero-order valence-electron chi connectivity index (χ0n) is 19.0. The molecule has 3 nitrogen and oxygen atoms in total. The summed E-state index contributed by atoms with van der Waals surface area (Å²) < 4.78 is 7.69. The third-order valence-electron chi connectivity index (χ3n) is 5.50. The molecule has 0 aliphatic rings. The Morgan fingerprint density at radius 3 is 2.42 bits per heavy atom. The van der Waals surface area contributed by atoms with E-state index >= 15 is 0 Å². The highest BCUT2D eigenvalue weighted by Crippen LogP contribution is 2.41. The number of rotatable bonds is 2. The topological polar surface area (TPSA) is 38.9 Å². The van der Waals surface area contributed by atoms with Crippen LogP contribution in [0.3, 0.4) is 0 Å². The van der Waals surface area contributed by atoms with Crippen molar-refractivity contribution in [3.05, 3.63) is 59.2 Å². The fourth-order valence-electron chi connectivity index (χ4n) is 4.11. The quantitative estimate of drug-likeness (QED) is 0.285. The second-order valence-corrected chi connectivity index (χ2v) is 11.7. The van der Waals surface area contributed by atoms with Gasteiger partial charge in [0, 0.05) is 27.9 Å². The van der Waals surface area contributed by atoms with Gasteiger partial charge >= 0.3 is 0 Å². The Hall–Kier alpha value is -2.72. The lowest BCUT2D eigenvalue weighted by atomic mass is 9.88. The molecule has 0 N–H and O–H groups in total. The largest absolute Gasteiger partial charge is 0.453 e. The summed E-state index contributed by atoms with van der Waals surface area (Å²) in [5.74, 6) is 0. The van der Waals surface area contributed by atoms with Crippen molar-refractivity contribution >= 4 is 43.5 Å². The lowest BCUT2D eigenvalue weighted by Gasteiger charge is -2.18. The summed E-state index contributed by atoms with van der Waals surface area (Å²) in [6.45, 7) is 13.4. The highest BCUT2D eigenvalue weighted by atomic mass is 32.1. The van der Waals surface area contributed by atoms with E-state index in [-0.39, 0.29) is 10.8 Å². The molecular formula is C27H28N2OS. The molecule has 0 radical (unpaired) electrons. The van der Waals surface area contributed by atoms with E-state index in [1.165, 1.54) is 10.3 Å². The van der Waals surface area contributed by atoms with E-state index in [0.717, 1.165) is 50.1 Å². The monoisotopic (exact) mass is 428 g/mol. The summed E-state index contributed by atoms with van der Waals surface area (Å²) in [4.78, 5) is 9.66. The van der Waals surface area contributed by atoms with Gasteiger partial charge in [-0.25, -0.2) is 4.98 Å². The van der Waals surface area contributed by atoms with Crippen molar-refractivity contribution in [1.29, 1.82) is 0 Å². The molecule has 4 heteroatoms. The number of para-hydroxylation sites is 1. The van der Waals surface area contributed by atoms with Crippen molar-refractivity contribution in [3.63, 3.8) is 0 Å².